The van der Waals surface area contributed by atoms with Crippen LogP contribution in [-0.4, -0.2) is 36.5 Å². The molecule has 108 valence electrons. The van der Waals surface area contributed by atoms with E-state index in [4.69, 9.17) is 11.6 Å². The lowest BCUT2D eigenvalue weighted by Gasteiger charge is -2.32. The first kappa shape index (κ1) is 13.8. The van der Waals surface area contributed by atoms with Crippen molar-refractivity contribution in [3.63, 3.8) is 0 Å². The van der Waals surface area contributed by atoms with Gasteiger partial charge < -0.3 is 10.2 Å². The van der Waals surface area contributed by atoms with Gasteiger partial charge in [0.15, 0.2) is 0 Å². The Kier molecular flexibility index (Phi) is 3.69. The molecule has 3 atom stereocenters. The van der Waals surface area contributed by atoms with Crippen LogP contribution < -0.4 is 5.32 Å². The van der Waals surface area contributed by atoms with Gasteiger partial charge in [0.25, 0.3) is 0 Å². The Bertz CT molecular complexity index is 516. The third kappa shape index (κ3) is 2.54. The highest BCUT2D eigenvalue weighted by atomic mass is 35.5. The van der Waals surface area contributed by atoms with E-state index in [2.05, 4.69) is 12.2 Å². The summed E-state index contributed by atoms with van der Waals surface area (Å²) in [5, 5.41) is 3.74. The summed E-state index contributed by atoms with van der Waals surface area (Å²) in [5.74, 6) is -0.315. The van der Waals surface area contributed by atoms with Gasteiger partial charge in [-0.2, -0.15) is 0 Å². The van der Waals surface area contributed by atoms with Crippen molar-refractivity contribution in [3.05, 3.63) is 34.6 Å². The minimum Gasteiger partial charge on any atom is -0.340 e. The molecule has 1 aromatic carbocycles. The molecule has 0 radical (unpaired) electrons. The molecule has 1 amide bonds. The van der Waals surface area contributed by atoms with E-state index in [1.54, 1.807) is 12.1 Å². The normalized spacial score (nSPS) is 29.4. The molecule has 3 rings (SSSR count). The van der Waals surface area contributed by atoms with Crippen LogP contribution in [0.5, 0.6) is 0 Å². The third-order valence-electron chi connectivity index (χ3n) is 4.16. The van der Waals surface area contributed by atoms with E-state index in [-0.39, 0.29) is 23.6 Å². The fourth-order valence-electron chi connectivity index (χ4n) is 3.02. The average Bonchev–Trinajstić information content (AvgIpc) is 3.18. The molecular formula is C15H18ClFN2O. The fraction of sp³-hybridized carbons (Fsp3) is 0.533. The summed E-state index contributed by atoms with van der Waals surface area (Å²) in [6.45, 7) is 4.35. The summed E-state index contributed by atoms with van der Waals surface area (Å²) in [4.78, 5) is 14.3. The Labute approximate surface area is 123 Å². The van der Waals surface area contributed by atoms with Crippen molar-refractivity contribution in [2.45, 2.75) is 25.3 Å². The minimum absolute atomic E-state index is 0.0543. The first-order valence-electron chi connectivity index (χ1n) is 7.04. The second kappa shape index (κ2) is 5.34. The van der Waals surface area contributed by atoms with Crippen LogP contribution in [0.4, 0.5) is 4.39 Å². The van der Waals surface area contributed by atoms with Gasteiger partial charge >= 0.3 is 0 Å². The highest BCUT2D eigenvalue weighted by Gasteiger charge is 2.48. The largest absolute Gasteiger partial charge is 0.340 e. The van der Waals surface area contributed by atoms with Crippen molar-refractivity contribution in [2.75, 3.05) is 19.6 Å². The summed E-state index contributed by atoms with van der Waals surface area (Å²) >= 11 is 6.07. The molecule has 1 heterocycles. The first-order chi connectivity index (χ1) is 9.58. The van der Waals surface area contributed by atoms with Crippen molar-refractivity contribution in [1.29, 1.82) is 0 Å². The van der Waals surface area contributed by atoms with Crippen LogP contribution in [0.3, 0.4) is 0 Å². The molecule has 3 nitrogen and oxygen atoms in total. The Hall–Kier alpha value is -1.13. The van der Waals surface area contributed by atoms with Gasteiger partial charge in [0.2, 0.25) is 5.91 Å². The number of halogens is 2. The molecule has 0 aromatic heterocycles. The van der Waals surface area contributed by atoms with E-state index in [0.717, 1.165) is 19.6 Å². The van der Waals surface area contributed by atoms with E-state index >= 15 is 0 Å². The van der Waals surface area contributed by atoms with Gasteiger partial charge in [-0.15, -0.1) is 0 Å². The highest BCUT2D eigenvalue weighted by Crippen LogP contribution is 2.51. The van der Waals surface area contributed by atoms with Gasteiger partial charge in [0.05, 0.1) is 0 Å². The molecule has 2 fully saturated rings. The van der Waals surface area contributed by atoms with Gasteiger partial charge in [0.1, 0.15) is 5.82 Å². The summed E-state index contributed by atoms with van der Waals surface area (Å²) < 4.78 is 13.9. The number of piperazine rings is 1. The molecule has 1 N–H and O–H groups in total. The lowest BCUT2D eigenvalue weighted by atomic mass is 10.1. The number of carbonyl (C=O) groups excluding carboxylic acids is 1. The molecule has 0 unspecified atom stereocenters. The maximum atomic E-state index is 13.9. The molecular weight excluding hydrogens is 279 g/mol. The minimum atomic E-state index is -0.300. The number of carbonyl (C=O) groups is 1. The lowest BCUT2D eigenvalue weighted by molar-refractivity contribution is -0.133. The quantitative estimate of drug-likeness (QED) is 0.909. The summed E-state index contributed by atoms with van der Waals surface area (Å²) in [6.07, 6.45) is 0.706. The number of benzene rings is 1. The Morgan fingerprint density at radius 1 is 1.50 bits per heavy atom. The first-order valence-corrected chi connectivity index (χ1v) is 7.42. The van der Waals surface area contributed by atoms with E-state index in [1.165, 1.54) is 6.07 Å². The van der Waals surface area contributed by atoms with Crippen molar-refractivity contribution in [2.24, 2.45) is 5.92 Å². The molecule has 5 heteroatoms. The fourth-order valence-corrected chi connectivity index (χ4v) is 3.32. The van der Waals surface area contributed by atoms with Gasteiger partial charge in [-0.05, 0) is 25.5 Å². The number of nitrogens with one attached hydrogen (secondary N) is 1. The van der Waals surface area contributed by atoms with E-state index in [9.17, 15) is 9.18 Å². The maximum Gasteiger partial charge on any atom is 0.226 e. The SMILES string of the molecule is C[C@@H]1CN(C(=O)[C@@H]2C[C@@H]2c2c(F)cccc2Cl)CCN1. The lowest BCUT2D eigenvalue weighted by Crippen LogP contribution is -2.51. The number of amides is 1. The molecule has 1 saturated carbocycles. The van der Waals surface area contributed by atoms with Crippen molar-refractivity contribution < 1.29 is 9.18 Å². The average molecular weight is 297 g/mol. The van der Waals surface area contributed by atoms with Crippen LogP contribution in [-0.2, 0) is 4.79 Å². The summed E-state index contributed by atoms with van der Waals surface area (Å²) in [7, 11) is 0. The summed E-state index contributed by atoms with van der Waals surface area (Å²) in [6, 6.07) is 5.01. The zero-order chi connectivity index (χ0) is 14.3. The third-order valence-corrected chi connectivity index (χ3v) is 4.49. The molecule has 20 heavy (non-hydrogen) atoms. The second-order valence-corrected chi connectivity index (χ2v) is 6.13. The number of hydrogen-bond donors (Lipinski definition) is 1. The number of rotatable bonds is 2. The molecule has 1 aromatic rings. The Morgan fingerprint density at radius 2 is 2.30 bits per heavy atom. The highest BCUT2D eigenvalue weighted by molar-refractivity contribution is 6.31. The molecule has 1 aliphatic heterocycles. The monoisotopic (exact) mass is 296 g/mol. The van der Waals surface area contributed by atoms with Crippen LogP contribution in [0.1, 0.15) is 24.8 Å². The maximum absolute atomic E-state index is 13.9. The smallest absolute Gasteiger partial charge is 0.226 e. The number of nitrogens with zero attached hydrogens (tertiary/aromatic N) is 1. The van der Waals surface area contributed by atoms with Crippen LogP contribution in [0, 0.1) is 11.7 Å². The van der Waals surface area contributed by atoms with E-state index < -0.39 is 0 Å². The van der Waals surface area contributed by atoms with Crippen molar-refractivity contribution >= 4 is 17.5 Å². The summed E-state index contributed by atoms with van der Waals surface area (Å²) in [5.41, 5.74) is 0.510. The zero-order valence-electron chi connectivity index (χ0n) is 11.4. The second-order valence-electron chi connectivity index (χ2n) is 5.72. The van der Waals surface area contributed by atoms with Gasteiger partial charge in [-0.1, -0.05) is 17.7 Å². The Morgan fingerprint density at radius 3 is 3.00 bits per heavy atom. The van der Waals surface area contributed by atoms with Gasteiger partial charge in [-0.3, -0.25) is 4.79 Å². The molecule has 0 spiro atoms. The number of hydrogen-bond acceptors (Lipinski definition) is 2. The Balaban J connectivity index is 1.71. The van der Waals surface area contributed by atoms with Gasteiger partial charge in [-0.25, -0.2) is 4.39 Å². The van der Waals surface area contributed by atoms with Crippen LogP contribution >= 0.6 is 11.6 Å². The predicted octanol–water partition coefficient (Wildman–Crippen LogP) is 2.40. The van der Waals surface area contributed by atoms with Crippen LogP contribution in [0.2, 0.25) is 5.02 Å². The standard InChI is InChI=1S/C15H18ClFN2O/c1-9-8-19(6-5-18-9)15(20)11-7-10(11)14-12(16)3-2-4-13(14)17/h2-4,9-11,18H,5-8H2,1H3/t9-,10+,11-/m1/s1. The molecule has 0 bridgehead atoms. The molecule has 1 aliphatic carbocycles. The van der Waals surface area contributed by atoms with Crippen molar-refractivity contribution in [1.82, 2.24) is 10.2 Å². The predicted molar refractivity (Wildman–Crippen MR) is 76.3 cm³/mol. The van der Waals surface area contributed by atoms with E-state index in [0.29, 0.717) is 23.0 Å². The van der Waals surface area contributed by atoms with Crippen LogP contribution in [0.15, 0.2) is 18.2 Å². The van der Waals surface area contributed by atoms with Crippen LogP contribution in [0.25, 0.3) is 0 Å². The topological polar surface area (TPSA) is 32.3 Å². The molecule has 1 saturated heterocycles. The van der Waals surface area contributed by atoms with Gasteiger partial charge in [0, 0.05) is 48.1 Å². The van der Waals surface area contributed by atoms with Crippen molar-refractivity contribution in [3.8, 4) is 0 Å². The zero-order valence-corrected chi connectivity index (χ0v) is 12.2. The molecule has 2 aliphatic rings. The van der Waals surface area contributed by atoms with E-state index in [1.807, 2.05) is 4.90 Å².